The molecule has 0 aliphatic rings. The zero-order valence-corrected chi connectivity index (χ0v) is 44.4. The molecule has 60 heavy (non-hydrogen) atoms. The minimum absolute atomic E-state index is 0.0105. The van der Waals surface area contributed by atoms with E-state index in [0.717, 1.165) is 61.3 Å². The first-order chi connectivity index (χ1) is 29.1. The number of unbranched alkanes of at least 4 members (excludes halogenated alkanes) is 28. The topological polar surface area (TPSA) is 68.3 Å². The summed E-state index contributed by atoms with van der Waals surface area (Å²) in [6.45, 7) is 13.0. The SMILES string of the molecule is CCCCCCCCCCSc1c(C)sc(-c2sc(C)c(S(=O)(=O)CCCCCCCCCC)c2S(=O)(=O)CCCCCCCCCC)c1SCCCCCCCCCC. The van der Waals surface area contributed by atoms with Gasteiger partial charge in [0, 0.05) is 19.5 Å². The predicted octanol–water partition coefficient (Wildman–Crippen LogP) is 18.4. The molecule has 0 aliphatic heterocycles. The van der Waals surface area contributed by atoms with Gasteiger partial charge in [0.25, 0.3) is 0 Å². The van der Waals surface area contributed by atoms with Crippen molar-refractivity contribution in [3.63, 3.8) is 0 Å². The second-order valence-corrected chi connectivity index (χ2v) is 26.3. The molecule has 0 spiro atoms. The number of rotatable bonds is 41. The Morgan fingerprint density at radius 1 is 0.350 bits per heavy atom. The van der Waals surface area contributed by atoms with Crippen LogP contribution in [0.15, 0.2) is 19.6 Å². The molecule has 0 bridgehead atoms. The normalized spacial score (nSPS) is 12.3. The van der Waals surface area contributed by atoms with E-state index < -0.39 is 19.7 Å². The van der Waals surface area contributed by atoms with Crippen LogP contribution in [-0.2, 0) is 19.7 Å². The number of hydrogen-bond donors (Lipinski definition) is 0. The van der Waals surface area contributed by atoms with Crippen LogP contribution in [0.1, 0.15) is 243 Å². The van der Waals surface area contributed by atoms with Gasteiger partial charge in [0.15, 0.2) is 19.7 Å². The molecule has 0 aliphatic carbocycles. The third kappa shape index (κ3) is 22.3. The van der Waals surface area contributed by atoms with E-state index in [-0.39, 0.29) is 21.3 Å². The van der Waals surface area contributed by atoms with E-state index in [1.807, 2.05) is 30.4 Å². The highest BCUT2D eigenvalue weighted by Gasteiger charge is 2.36. The van der Waals surface area contributed by atoms with Gasteiger partial charge in [-0.1, -0.05) is 207 Å². The summed E-state index contributed by atoms with van der Waals surface area (Å²) in [4.78, 5) is 6.28. The smallest absolute Gasteiger partial charge is 0.181 e. The maximum Gasteiger partial charge on any atom is 0.181 e. The summed E-state index contributed by atoms with van der Waals surface area (Å²) in [5.74, 6) is 2.08. The molecule has 0 saturated heterocycles. The Morgan fingerprint density at radius 3 is 1.03 bits per heavy atom. The molecule has 2 aromatic heterocycles. The summed E-state index contributed by atoms with van der Waals surface area (Å²) in [5.41, 5.74) is 0. The number of sulfone groups is 2. The minimum atomic E-state index is -3.86. The molecular weight excluding hydrogens is 857 g/mol. The molecular formula is C50H90O4S6. The van der Waals surface area contributed by atoms with E-state index in [9.17, 15) is 16.8 Å². The molecule has 2 rings (SSSR count). The first kappa shape index (κ1) is 56.1. The van der Waals surface area contributed by atoms with Gasteiger partial charge in [-0.3, -0.25) is 0 Å². The van der Waals surface area contributed by atoms with Gasteiger partial charge in [0.1, 0.15) is 4.90 Å². The summed E-state index contributed by atoms with van der Waals surface area (Å²) >= 11 is 6.96. The number of thioether (sulfide) groups is 2. The summed E-state index contributed by atoms with van der Waals surface area (Å²) in [5, 5.41) is 0. The van der Waals surface area contributed by atoms with Crippen LogP contribution in [0.2, 0.25) is 0 Å². The molecule has 350 valence electrons. The molecule has 0 saturated carbocycles. The highest BCUT2D eigenvalue weighted by molar-refractivity contribution is 8.02. The Bertz CT molecular complexity index is 1590. The van der Waals surface area contributed by atoms with Crippen LogP contribution in [0, 0.1) is 13.8 Å². The monoisotopic (exact) mass is 947 g/mol. The molecule has 0 atom stereocenters. The van der Waals surface area contributed by atoms with E-state index in [1.165, 1.54) is 174 Å². The van der Waals surface area contributed by atoms with Gasteiger partial charge < -0.3 is 0 Å². The van der Waals surface area contributed by atoms with E-state index >= 15 is 0 Å². The van der Waals surface area contributed by atoms with Gasteiger partial charge in [-0.2, -0.15) is 0 Å². The molecule has 0 amide bonds. The summed E-state index contributed by atoms with van der Waals surface area (Å²) < 4.78 is 58.2. The Labute approximate surface area is 389 Å². The lowest BCUT2D eigenvalue weighted by Crippen LogP contribution is -2.15. The van der Waals surface area contributed by atoms with E-state index in [0.29, 0.717) is 22.6 Å². The van der Waals surface area contributed by atoms with Crippen LogP contribution in [0.4, 0.5) is 0 Å². The van der Waals surface area contributed by atoms with E-state index in [2.05, 4.69) is 34.6 Å². The lowest BCUT2D eigenvalue weighted by molar-refractivity contribution is 0.565. The Hall–Kier alpha value is -0.000000000000000222. The second kappa shape index (κ2) is 34.4. The lowest BCUT2D eigenvalue weighted by atomic mass is 10.1. The Morgan fingerprint density at radius 2 is 0.650 bits per heavy atom. The molecule has 0 N–H and O–H groups in total. The average molecular weight is 948 g/mol. The fourth-order valence-corrected chi connectivity index (χ4v) is 18.6. The maximum atomic E-state index is 14.7. The Kier molecular flexibility index (Phi) is 32.1. The van der Waals surface area contributed by atoms with Gasteiger partial charge in [0.2, 0.25) is 0 Å². The average Bonchev–Trinajstić information content (AvgIpc) is 3.74. The molecule has 0 unspecified atom stereocenters. The van der Waals surface area contributed by atoms with Crippen LogP contribution in [0.3, 0.4) is 0 Å². The highest BCUT2D eigenvalue weighted by atomic mass is 32.2. The van der Waals surface area contributed by atoms with E-state index in [4.69, 9.17) is 0 Å². The minimum Gasteiger partial charge on any atom is -0.224 e. The van der Waals surface area contributed by atoms with Gasteiger partial charge in [-0.15, -0.1) is 46.2 Å². The van der Waals surface area contributed by atoms with Crippen molar-refractivity contribution < 1.29 is 16.8 Å². The van der Waals surface area contributed by atoms with Gasteiger partial charge in [-0.05, 0) is 51.0 Å². The fraction of sp³-hybridized carbons (Fsp3) is 0.840. The lowest BCUT2D eigenvalue weighted by Gasteiger charge is -2.12. The maximum absolute atomic E-state index is 14.7. The van der Waals surface area contributed by atoms with Crippen molar-refractivity contribution >= 4 is 65.9 Å². The summed E-state index contributed by atoms with van der Waals surface area (Å²) in [6.07, 6.45) is 37.6. The molecule has 10 heteroatoms. The van der Waals surface area contributed by atoms with Crippen LogP contribution in [0.25, 0.3) is 9.75 Å². The second-order valence-electron chi connectivity index (χ2n) is 17.5. The highest BCUT2D eigenvalue weighted by Crippen LogP contribution is 2.53. The molecule has 2 aromatic rings. The van der Waals surface area contributed by atoms with Crippen molar-refractivity contribution in [3.05, 3.63) is 9.75 Å². The van der Waals surface area contributed by atoms with Crippen molar-refractivity contribution in [2.24, 2.45) is 0 Å². The van der Waals surface area contributed by atoms with E-state index in [1.54, 1.807) is 11.3 Å². The predicted molar refractivity (Wildman–Crippen MR) is 273 cm³/mol. The quantitative estimate of drug-likeness (QED) is 0.0489. The van der Waals surface area contributed by atoms with Crippen LogP contribution < -0.4 is 0 Å². The van der Waals surface area contributed by atoms with Crippen molar-refractivity contribution in [2.45, 2.75) is 267 Å². The molecule has 0 fully saturated rings. The van der Waals surface area contributed by atoms with Crippen molar-refractivity contribution in [1.29, 1.82) is 0 Å². The zero-order valence-electron chi connectivity index (χ0n) is 39.5. The van der Waals surface area contributed by atoms with Crippen LogP contribution >= 0.6 is 46.2 Å². The molecule has 0 aromatic carbocycles. The Balaban J connectivity index is 2.43. The first-order valence-corrected chi connectivity index (χ1v) is 31.9. The fourth-order valence-electron chi connectivity index (χ4n) is 8.13. The first-order valence-electron chi connectivity index (χ1n) is 25.0. The number of thiophene rings is 2. The van der Waals surface area contributed by atoms with Gasteiger partial charge in [0.05, 0.1) is 26.2 Å². The van der Waals surface area contributed by atoms with Gasteiger partial charge in [-0.25, -0.2) is 16.8 Å². The van der Waals surface area contributed by atoms with Gasteiger partial charge >= 0.3 is 0 Å². The van der Waals surface area contributed by atoms with Crippen molar-refractivity contribution in [2.75, 3.05) is 23.0 Å². The summed E-state index contributed by atoms with van der Waals surface area (Å²) in [7, 11) is -7.66. The van der Waals surface area contributed by atoms with Crippen molar-refractivity contribution in [3.8, 4) is 9.75 Å². The molecule has 2 heterocycles. The summed E-state index contributed by atoms with van der Waals surface area (Å²) in [6, 6.07) is 0. The standard InChI is InChI=1S/C50H90O4S6/c1-7-11-15-19-23-27-31-35-39-55-45-43(5)57-47(46(45)56-40-36-32-28-24-20-16-12-8-2)48-50(60(53,54)42-38-34-30-26-22-18-14-10-4)49(44(6)58-48)59(51,52)41-37-33-29-25-21-17-13-9-3/h7-42H2,1-6H3. The third-order valence-corrected chi connectivity index (χ3v) is 21.3. The zero-order chi connectivity index (χ0) is 43.9. The van der Waals surface area contributed by atoms with Crippen molar-refractivity contribution in [1.82, 2.24) is 0 Å². The van der Waals surface area contributed by atoms with Crippen LogP contribution in [-0.4, -0.2) is 39.8 Å². The molecule has 0 radical (unpaired) electrons. The third-order valence-electron chi connectivity index (χ3n) is 11.8. The number of hydrogen-bond acceptors (Lipinski definition) is 8. The molecule has 4 nitrogen and oxygen atoms in total. The van der Waals surface area contributed by atoms with Crippen LogP contribution in [0.5, 0.6) is 0 Å². The largest absolute Gasteiger partial charge is 0.224 e. The number of aryl methyl sites for hydroxylation is 2.